The average Bonchev–Trinajstić information content (AvgIpc) is 4.12. The summed E-state index contributed by atoms with van der Waals surface area (Å²) >= 11 is 1.55. The topological polar surface area (TPSA) is 283 Å². The Balaban J connectivity index is 1.49. The zero-order valence-electron chi connectivity index (χ0n) is 43.8. The van der Waals surface area contributed by atoms with Crippen molar-refractivity contribution in [2.24, 2.45) is 10.2 Å². The van der Waals surface area contributed by atoms with Gasteiger partial charge >= 0.3 is 409 Å². The number of thiazole rings is 2. The summed E-state index contributed by atoms with van der Waals surface area (Å²) in [5.74, 6) is -0.648. The first-order chi connectivity index (χ1) is 36.0. The van der Waals surface area contributed by atoms with Gasteiger partial charge in [0, 0.05) is 0 Å². The molecule has 406 valence electrons. The summed E-state index contributed by atoms with van der Waals surface area (Å²) in [7, 11) is -14.0. The molecule has 4 heterocycles. The van der Waals surface area contributed by atoms with Crippen LogP contribution in [-0.2, 0) is 35.8 Å². The van der Waals surface area contributed by atoms with Crippen LogP contribution in [0.1, 0.15) is 127 Å². The van der Waals surface area contributed by atoms with E-state index in [0.717, 1.165) is 32.4 Å². The molecule has 0 saturated heterocycles. The third-order valence-corrected chi connectivity index (χ3v) is 20.0. The van der Waals surface area contributed by atoms with E-state index in [2.05, 4.69) is 11.4 Å². The Hall–Kier alpha value is -5.83. The number of nitrogens with zero attached hydrogens (tertiary/aromatic N) is 9. The number of hydrogen-bond donors (Lipinski definition) is 4. The van der Waals surface area contributed by atoms with E-state index in [0.29, 0.717) is 58.2 Å². The first kappa shape index (κ1) is 57.3. The molecule has 0 aliphatic rings. The molecule has 0 aliphatic carbocycles. The number of azo groups is 1. The Morgan fingerprint density at radius 1 is 0.753 bits per heavy atom. The molecule has 0 radical (unpaired) electrons. The molecule has 0 amide bonds. The molecule has 4 N–H and O–H groups in total. The number of hydrogen-bond acceptors (Lipinski definition) is 17. The molecule has 77 heavy (non-hydrogen) atoms. The van der Waals surface area contributed by atoms with Crippen molar-refractivity contribution < 1.29 is 60.1 Å². The molecule has 0 aliphatic heterocycles. The number of aromatic nitrogens is 5. The monoisotopic (exact) mass is 1250 g/mol. The molecule has 0 atom stereocenters. The molecule has 0 saturated carbocycles. The molecule has 4 aromatic heterocycles. The summed E-state index contributed by atoms with van der Waals surface area (Å²) in [5, 5.41) is 29.8. The number of rotatable bonds is 17. The Morgan fingerprint density at radius 2 is 1.35 bits per heavy atom. The van der Waals surface area contributed by atoms with Crippen molar-refractivity contribution in [1.82, 2.24) is 24.7 Å². The molecular weight excluding hydrogens is 1200 g/mol. The SMILES string of the molecule is CCC[I-]c1cc(S(=O)(=O)O)cc(C(C)C)c1Nc1nc(N(c2nc3ccc(S(=O)(=O)O)cc3s2)c2c(C(C)C)cc(S(=O)(=O)O)cc2C(C)C)cc(C)c1N=Nc1c(C#N)c(C(C)(C)C)nn1-c1nc2ccccc2s1. The quantitative estimate of drug-likeness (QED) is 0.0285. The van der Waals surface area contributed by atoms with E-state index in [1.165, 1.54) is 58.5 Å². The van der Waals surface area contributed by atoms with E-state index in [1.807, 2.05) is 93.5 Å². The zero-order valence-corrected chi connectivity index (χ0v) is 50.0. The zero-order chi connectivity index (χ0) is 56.3. The van der Waals surface area contributed by atoms with Crippen molar-refractivity contribution in [2.75, 3.05) is 14.6 Å². The molecule has 0 unspecified atom stereocenters. The fourth-order valence-electron chi connectivity index (χ4n) is 8.44. The van der Waals surface area contributed by atoms with Crippen LogP contribution in [0.3, 0.4) is 0 Å². The Labute approximate surface area is 466 Å². The van der Waals surface area contributed by atoms with Gasteiger partial charge in [0.15, 0.2) is 0 Å². The second-order valence-corrected chi connectivity index (χ2v) is 29.4. The maximum atomic E-state index is 12.9. The van der Waals surface area contributed by atoms with Gasteiger partial charge in [0.25, 0.3) is 10.1 Å². The van der Waals surface area contributed by atoms with Crippen LogP contribution in [0.4, 0.5) is 39.6 Å². The number of alkyl halides is 1. The van der Waals surface area contributed by atoms with Gasteiger partial charge in [0.2, 0.25) is 0 Å². The van der Waals surface area contributed by atoms with Crippen LogP contribution in [-0.4, -0.2) is 68.1 Å². The number of anilines is 5. The van der Waals surface area contributed by atoms with Gasteiger partial charge in [-0.15, -0.1) is 0 Å². The molecular formula is C52H56IN10O9S5-. The summed E-state index contributed by atoms with van der Waals surface area (Å²) in [6.45, 7) is 20.9. The number of pyridine rings is 1. The van der Waals surface area contributed by atoms with Crippen LogP contribution in [0.25, 0.3) is 25.6 Å². The number of fused-ring (bicyclic) bond motifs is 2. The third-order valence-electron chi connectivity index (χ3n) is 12.2. The number of halogens is 1. The minimum absolute atomic E-state index is 0.100. The Kier molecular flexibility index (Phi) is 16.2. The van der Waals surface area contributed by atoms with E-state index in [9.17, 15) is 44.2 Å². The van der Waals surface area contributed by atoms with Crippen LogP contribution in [0.2, 0.25) is 0 Å². The summed E-state index contributed by atoms with van der Waals surface area (Å²) in [5.41, 5.74) is 4.27. The van der Waals surface area contributed by atoms with E-state index < -0.39 is 57.0 Å². The van der Waals surface area contributed by atoms with Gasteiger partial charge in [-0.2, -0.15) is 16.8 Å². The van der Waals surface area contributed by atoms with Crippen molar-refractivity contribution in [1.29, 1.82) is 5.26 Å². The molecule has 0 bridgehead atoms. The summed E-state index contributed by atoms with van der Waals surface area (Å²) < 4.78 is 111. The van der Waals surface area contributed by atoms with Crippen LogP contribution >= 0.6 is 22.7 Å². The van der Waals surface area contributed by atoms with Crippen molar-refractivity contribution in [3.05, 3.63) is 110 Å². The molecule has 8 rings (SSSR count). The van der Waals surface area contributed by atoms with Crippen molar-refractivity contribution in [3.8, 4) is 11.2 Å². The fraction of sp³-hybridized carbons (Fsp3) is 0.327. The second kappa shape index (κ2) is 21.8. The van der Waals surface area contributed by atoms with Crippen molar-refractivity contribution in [2.45, 2.75) is 120 Å². The maximum absolute atomic E-state index is 12.9. The van der Waals surface area contributed by atoms with Crippen molar-refractivity contribution in [3.63, 3.8) is 0 Å². The molecule has 25 heteroatoms. The van der Waals surface area contributed by atoms with Gasteiger partial charge in [-0.25, -0.2) is 0 Å². The average molecular weight is 1250 g/mol. The van der Waals surface area contributed by atoms with Crippen LogP contribution in [0, 0.1) is 21.8 Å². The Bertz CT molecular complexity index is 4000. The first-order valence-corrected chi connectivity index (χ1v) is 32.7. The van der Waals surface area contributed by atoms with E-state index in [-0.39, 0.29) is 66.3 Å². The molecule has 19 nitrogen and oxygen atoms in total. The number of nitrogens with one attached hydrogen (secondary N) is 1. The fourth-order valence-corrected chi connectivity index (χ4v) is 14.8. The van der Waals surface area contributed by atoms with Gasteiger partial charge < -0.3 is 0 Å². The minimum atomic E-state index is -4.72. The molecule has 4 aromatic carbocycles. The van der Waals surface area contributed by atoms with Gasteiger partial charge in [-0.1, -0.05) is 12.1 Å². The number of benzene rings is 4. The first-order valence-electron chi connectivity index (χ1n) is 24.2. The molecule has 0 fully saturated rings. The summed E-state index contributed by atoms with van der Waals surface area (Å²) in [6, 6.07) is 21.3. The van der Waals surface area contributed by atoms with Crippen LogP contribution < -0.4 is 31.4 Å². The van der Waals surface area contributed by atoms with Crippen LogP contribution in [0.15, 0.2) is 97.7 Å². The van der Waals surface area contributed by atoms with Gasteiger partial charge in [-0.05, 0) is 12.1 Å². The third kappa shape index (κ3) is 12.0. The second-order valence-electron chi connectivity index (χ2n) is 20.1. The number of nitriles is 1. The number of para-hydroxylation sites is 1. The summed E-state index contributed by atoms with van der Waals surface area (Å²) in [4.78, 5) is 16.0. The number of aryl methyl sites for hydroxylation is 1. The standard InChI is InChI=1S/C52H56IN10O9S5/c1-12-19-53-38-24-33(77(70,71)72)21-34(27(2)3)45(38)58-48-44(59-60-49-37(26-54)47(52(9,10)11)61-63(49)51-56-39-15-13-14-16-41(39)73-51)30(8)20-43(57-48)62(50-55-40-18-17-31(75(64,65)66)25-42(40)74-50)46-35(28(4)5)22-32(76(67,68)69)23-36(46)29(6)7/h13-18,20-25,27-29H,12,19H2,1-11H3,(H,57,58)(H,64,65,66)(H,67,68,69)(H,70,71,72)/q-1. The van der Waals surface area contributed by atoms with Crippen molar-refractivity contribution >= 4 is 113 Å². The van der Waals surface area contributed by atoms with Gasteiger partial charge in [0.1, 0.15) is 0 Å². The predicted octanol–water partition coefficient (Wildman–Crippen LogP) is 10.4. The van der Waals surface area contributed by atoms with E-state index >= 15 is 0 Å². The van der Waals surface area contributed by atoms with Gasteiger partial charge in [0.05, 0.1) is 0 Å². The molecule has 8 aromatic rings. The van der Waals surface area contributed by atoms with Gasteiger partial charge in [-0.3, -0.25) is 9.11 Å². The van der Waals surface area contributed by atoms with Crippen LogP contribution in [0.5, 0.6) is 0 Å². The molecule has 0 spiro atoms. The summed E-state index contributed by atoms with van der Waals surface area (Å²) in [6.07, 6.45) is 0.794. The Morgan fingerprint density at radius 3 is 1.92 bits per heavy atom. The van der Waals surface area contributed by atoms with E-state index in [4.69, 9.17) is 30.3 Å². The normalized spacial score (nSPS) is 12.8. The van der Waals surface area contributed by atoms with E-state index in [1.54, 1.807) is 17.9 Å². The predicted molar refractivity (Wildman–Crippen MR) is 296 cm³/mol.